The monoisotopic (exact) mass is 438 g/mol. The van der Waals surface area contributed by atoms with Gasteiger partial charge in [-0.05, 0) is 67.5 Å². The van der Waals surface area contributed by atoms with Gasteiger partial charge in [0.2, 0.25) is 10.0 Å². The molecule has 4 nitrogen and oxygen atoms in total. The number of benzene rings is 1. The standard InChI is InChI=1S/C14H20Br2N2O2S/c1-17(2)14(7-4-8-14)10-18(3)21(19,20)13-9-11(15)5-6-12(13)16/h5-6,9H,4,7-8,10H2,1-3H3. The Labute approximate surface area is 143 Å². The van der Waals surface area contributed by atoms with E-state index in [1.165, 1.54) is 4.31 Å². The molecule has 21 heavy (non-hydrogen) atoms. The normalized spacial score (nSPS) is 18.0. The highest BCUT2D eigenvalue weighted by Gasteiger charge is 2.42. The predicted molar refractivity (Wildman–Crippen MR) is 91.9 cm³/mol. The number of hydrogen-bond donors (Lipinski definition) is 0. The minimum atomic E-state index is -3.51. The quantitative estimate of drug-likeness (QED) is 0.706. The summed E-state index contributed by atoms with van der Waals surface area (Å²) in [6.07, 6.45) is 3.24. The molecule has 7 heteroatoms. The molecule has 2 rings (SSSR count). The molecule has 0 heterocycles. The van der Waals surface area contributed by atoms with Gasteiger partial charge in [-0.1, -0.05) is 15.9 Å². The Bertz CT molecular complexity index is 628. The van der Waals surface area contributed by atoms with Crippen molar-refractivity contribution >= 4 is 41.9 Å². The lowest BCUT2D eigenvalue weighted by atomic mass is 9.75. The van der Waals surface area contributed by atoms with Crippen LogP contribution in [0.3, 0.4) is 0 Å². The fraction of sp³-hybridized carbons (Fsp3) is 0.571. The summed E-state index contributed by atoms with van der Waals surface area (Å²) in [6, 6.07) is 5.20. The molecule has 0 saturated heterocycles. The van der Waals surface area contributed by atoms with E-state index >= 15 is 0 Å². The summed E-state index contributed by atoms with van der Waals surface area (Å²) >= 11 is 6.67. The average molecular weight is 440 g/mol. The van der Waals surface area contributed by atoms with Crippen molar-refractivity contribution in [1.82, 2.24) is 9.21 Å². The Morgan fingerprint density at radius 3 is 2.29 bits per heavy atom. The average Bonchev–Trinajstić information content (AvgIpc) is 2.35. The molecule has 0 aromatic heterocycles. The van der Waals surface area contributed by atoms with E-state index in [2.05, 4.69) is 36.8 Å². The van der Waals surface area contributed by atoms with E-state index in [1.54, 1.807) is 19.2 Å². The van der Waals surface area contributed by atoms with Crippen LogP contribution in [0.15, 0.2) is 32.0 Å². The maximum Gasteiger partial charge on any atom is 0.244 e. The molecule has 0 spiro atoms. The zero-order valence-corrected chi connectivity index (χ0v) is 16.4. The summed E-state index contributed by atoms with van der Waals surface area (Å²) in [7, 11) is 2.20. The first kappa shape index (κ1) is 17.4. The summed E-state index contributed by atoms with van der Waals surface area (Å²) in [5, 5.41) is 0. The van der Waals surface area contributed by atoms with Crippen molar-refractivity contribution in [3.63, 3.8) is 0 Å². The first-order valence-corrected chi connectivity index (χ1v) is 9.80. The van der Waals surface area contributed by atoms with Crippen LogP contribution in [0.4, 0.5) is 0 Å². The molecule has 0 bridgehead atoms. The largest absolute Gasteiger partial charge is 0.302 e. The first-order chi connectivity index (χ1) is 9.69. The van der Waals surface area contributed by atoms with Gasteiger partial charge in [-0.25, -0.2) is 8.42 Å². The molecule has 0 amide bonds. The SMILES string of the molecule is CN(C)C1(CN(C)S(=O)(=O)c2cc(Br)ccc2Br)CCC1. The van der Waals surface area contributed by atoms with Crippen molar-refractivity contribution in [2.24, 2.45) is 0 Å². The van der Waals surface area contributed by atoms with E-state index in [0.717, 1.165) is 23.7 Å². The van der Waals surface area contributed by atoms with Gasteiger partial charge in [-0.2, -0.15) is 4.31 Å². The Balaban J connectivity index is 2.29. The minimum Gasteiger partial charge on any atom is -0.302 e. The second-order valence-electron chi connectivity index (χ2n) is 5.81. The summed E-state index contributed by atoms with van der Waals surface area (Å²) in [5.74, 6) is 0. The number of rotatable bonds is 5. The molecular weight excluding hydrogens is 420 g/mol. The minimum absolute atomic E-state index is 0.0275. The molecule has 1 saturated carbocycles. The number of sulfonamides is 1. The summed E-state index contributed by atoms with van der Waals surface area (Å²) < 4.78 is 28.4. The molecule has 118 valence electrons. The lowest BCUT2D eigenvalue weighted by Gasteiger charge is -2.49. The fourth-order valence-corrected chi connectivity index (χ4v) is 5.38. The summed E-state index contributed by atoms with van der Waals surface area (Å²) in [6.45, 7) is 0.515. The van der Waals surface area contributed by atoms with Crippen LogP contribution < -0.4 is 0 Å². The maximum absolute atomic E-state index is 12.8. The van der Waals surface area contributed by atoms with Crippen molar-refractivity contribution < 1.29 is 8.42 Å². The zero-order chi connectivity index (χ0) is 15.8. The van der Waals surface area contributed by atoms with E-state index in [9.17, 15) is 8.42 Å². The van der Waals surface area contributed by atoms with Crippen LogP contribution in [0.2, 0.25) is 0 Å². The van der Waals surface area contributed by atoms with Crippen LogP contribution in [0, 0.1) is 0 Å². The third kappa shape index (κ3) is 3.37. The van der Waals surface area contributed by atoms with Gasteiger partial charge in [0.15, 0.2) is 0 Å². The van der Waals surface area contributed by atoms with Crippen LogP contribution >= 0.6 is 31.9 Å². The van der Waals surface area contributed by atoms with Gasteiger partial charge in [-0.15, -0.1) is 0 Å². The number of nitrogens with zero attached hydrogens (tertiary/aromatic N) is 2. The van der Waals surface area contributed by atoms with Crippen LogP contribution in [-0.2, 0) is 10.0 Å². The third-order valence-corrected chi connectivity index (χ3v) is 7.62. The van der Waals surface area contributed by atoms with Gasteiger partial charge in [0.05, 0.1) is 4.90 Å². The van der Waals surface area contributed by atoms with E-state index < -0.39 is 10.0 Å². The summed E-state index contributed by atoms with van der Waals surface area (Å²) in [4.78, 5) is 2.45. The highest BCUT2D eigenvalue weighted by atomic mass is 79.9. The van der Waals surface area contributed by atoms with Crippen molar-refractivity contribution in [2.75, 3.05) is 27.7 Å². The third-order valence-electron chi connectivity index (χ3n) is 4.33. The van der Waals surface area contributed by atoms with Crippen LogP contribution in [0.1, 0.15) is 19.3 Å². The number of halogens is 2. The highest BCUT2D eigenvalue weighted by molar-refractivity contribution is 9.11. The van der Waals surface area contributed by atoms with E-state index in [0.29, 0.717) is 15.9 Å². The fourth-order valence-electron chi connectivity index (χ4n) is 2.67. The predicted octanol–water partition coefficient (Wildman–Crippen LogP) is 3.32. The van der Waals surface area contributed by atoms with Gasteiger partial charge < -0.3 is 4.90 Å². The molecule has 0 radical (unpaired) electrons. The smallest absolute Gasteiger partial charge is 0.244 e. The lowest BCUT2D eigenvalue weighted by Crippen LogP contribution is -2.57. The summed E-state index contributed by atoms with van der Waals surface area (Å²) in [5.41, 5.74) is -0.0275. The second-order valence-corrected chi connectivity index (χ2v) is 9.59. The van der Waals surface area contributed by atoms with Crippen LogP contribution in [0.25, 0.3) is 0 Å². The van der Waals surface area contributed by atoms with Crippen molar-refractivity contribution in [3.05, 3.63) is 27.1 Å². The van der Waals surface area contributed by atoms with E-state index in [-0.39, 0.29) is 5.54 Å². The van der Waals surface area contributed by atoms with Gasteiger partial charge in [0.25, 0.3) is 0 Å². The maximum atomic E-state index is 12.8. The molecule has 1 fully saturated rings. The molecule has 0 atom stereocenters. The molecule has 1 aromatic carbocycles. The lowest BCUT2D eigenvalue weighted by molar-refractivity contribution is 0.0455. The van der Waals surface area contributed by atoms with E-state index in [1.807, 2.05) is 20.2 Å². The Hall–Kier alpha value is 0.0500. The van der Waals surface area contributed by atoms with Gasteiger partial charge in [0, 0.05) is 28.1 Å². The highest BCUT2D eigenvalue weighted by Crippen LogP contribution is 2.38. The van der Waals surface area contributed by atoms with Gasteiger partial charge in [0.1, 0.15) is 0 Å². The van der Waals surface area contributed by atoms with E-state index in [4.69, 9.17) is 0 Å². The molecule has 0 unspecified atom stereocenters. The second kappa shape index (κ2) is 6.28. The first-order valence-electron chi connectivity index (χ1n) is 6.78. The number of hydrogen-bond acceptors (Lipinski definition) is 3. The molecule has 1 aliphatic carbocycles. The van der Waals surface area contributed by atoms with Gasteiger partial charge in [-0.3, -0.25) is 0 Å². The topological polar surface area (TPSA) is 40.6 Å². The Morgan fingerprint density at radius 1 is 1.19 bits per heavy atom. The van der Waals surface area contributed by atoms with Crippen molar-refractivity contribution in [1.29, 1.82) is 0 Å². The number of likely N-dealkylation sites (N-methyl/N-ethyl adjacent to an activating group) is 2. The van der Waals surface area contributed by atoms with Crippen LogP contribution in [0.5, 0.6) is 0 Å². The Kier molecular flexibility index (Phi) is 5.20. The van der Waals surface area contributed by atoms with Crippen LogP contribution in [-0.4, -0.2) is 50.8 Å². The molecule has 1 aromatic rings. The van der Waals surface area contributed by atoms with Crippen molar-refractivity contribution in [2.45, 2.75) is 29.7 Å². The van der Waals surface area contributed by atoms with Gasteiger partial charge >= 0.3 is 0 Å². The Morgan fingerprint density at radius 2 is 1.81 bits per heavy atom. The molecular formula is C14H20Br2N2O2S. The zero-order valence-electron chi connectivity index (χ0n) is 12.4. The molecule has 1 aliphatic rings. The molecule has 0 aliphatic heterocycles. The molecule has 0 N–H and O–H groups in total. The van der Waals surface area contributed by atoms with Crippen molar-refractivity contribution in [3.8, 4) is 0 Å².